The van der Waals surface area contributed by atoms with Crippen molar-refractivity contribution in [3.8, 4) is 10.8 Å². The predicted molar refractivity (Wildman–Crippen MR) is 98.1 cm³/mol. The van der Waals surface area contributed by atoms with Gasteiger partial charge in [-0.2, -0.15) is 0 Å². The van der Waals surface area contributed by atoms with E-state index in [2.05, 4.69) is 28.9 Å². The topological polar surface area (TPSA) is 62.5 Å². The maximum Gasteiger partial charge on any atom is 0.257 e. The third-order valence-corrected chi connectivity index (χ3v) is 5.61. The van der Waals surface area contributed by atoms with E-state index < -0.39 is 0 Å². The van der Waals surface area contributed by atoms with Gasteiger partial charge in [0.2, 0.25) is 11.8 Å². The molecule has 0 radical (unpaired) electrons. The lowest BCUT2D eigenvalue weighted by molar-refractivity contribution is -0.133. The van der Waals surface area contributed by atoms with Crippen LogP contribution in [0.3, 0.4) is 0 Å². The largest absolute Gasteiger partial charge is 0.418 e. The Bertz CT molecular complexity index is 681. The van der Waals surface area contributed by atoms with Gasteiger partial charge in [-0.25, -0.2) is 0 Å². The van der Waals surface area contributed by atoms with Crippen LogP contribution in [0.15, 0.2) is 21.9 Å². The minimum absolute atomic E-state index is 0.118. The highest BCUT2D eigenvalue weighted by atomic mass is 32.1. The van der Waals surface area contributed by atoms with Gasteiger partial charge in [-0.3, -0.25) is 9.69 Å². The summed E-state index contributed by atoms with van der Waals surface area (Å²) in [4.78, 5) is 17.7. The normalized spacial score (nSPS) is 15.5. The van der Waals surface area contributed by atoms with Gasteiger partial charge in [0.25, 0.3) is 5.89 Å². The first kappa shape index (κ1) is 18.1. The fourth-order valence-electron chi connectivity index (χ4n) is 2.94. The highest BCUT2D eigenvalue weighted by Crippen LogP contribution is 2.34. The van der Waals surface area contributed by atoms with Crippen LogP contribution in [0, 0.1) is 5.92 Å². The van der Waals surface area contributed by atoms with Gasteiger partial charge in [0.05, 0.1) is 18.0 Å². The molecule has 1 aliphatic carbocycles. The van der Waals surface area contributed by atoms with Crippen LogP contribution in [0.4, 0.5) is 0 Å². The average molecular weight is 362 g/mol. The number of nitrogens with zero attached hydrogens (tertiary/aromatic N) is 4. The maximum atomic E-state index is 12.7. The number of hydrogen-bond donors (Lipinski definition) is 0. The molecule has 1 aliphatic rings. The number of hydrogen-bond acceptors (Lipinski definition) is 6. The van der Waals surface area contributed by atoms with Crippen molar-refractivity contribution < 1.29 is 9.21 Å². The molecule has 1 fully saturated rings. The first-order valence-electron chi connectivity index (χ1n) is 8.92. The van der Waals surface area contributed by atoms with Gasteiger partial charge >= 0.3 is 0 Å². The predicted octanol–water partition coefficient (Wildman–Crippen LogP) is 3.27. The Balaban J connectivity index is 1.61. The Hall–Kier alpha value is -1.73. The van der Waals surface area contributed by atoms with E-state index in [1.807, 2.05) is 29.5 Å². The molecular formula is C18H26N4O2S. The molecule has 3 rings (SSSR count). The summed E-state index contributed by atoms with van der Waals surface area (Å²) in [7, 11) is 2.03. The zero-order chi connectivity index (χ0) is 17.8. The van der Waals surface area contributed by atoms with Crippen molar-refractivity contribution in [2.75, 3.05) is 20.1 Å². The zero-order valence-electron chi connectivity index (χ0n) is 15.1. The number of aromatic nitrogens is 2. The van der Waals surface area contributed by atoms with E-state index in [0.29, 0.717) is 37.5 Å². The summed E-state index contributed by atoms with van der Waals surface area (Å²) in [6, 6.07) is 4.36. The van der Waals surface area contributed by atoms with E-state index in [1.165, 1.54) is 12.8 Å². The molecule has 0 spiro atoms. The van der Waals surface area contributed by atoms with Crippen LogP contribution in [0.5, 0.6) is 0 Å². The van der Waals surface area contributed by atoms with Crippen LogP contribution in [0.1, 0.15) is 39.0 Å². The van der Waals surface area contributed by atoms with Crippen LogP contribution >= 0.6 is 11.3 Å². The van der Waals surface area contributed by atoms with E-state index in [1.54, 1.807) is 11.3 Å². The fraction of sp³-hybridized carbons (Fsp3) is 0.611. The Morgan fingerprint density at radius 1 is 1.44 bits per heavy atom. The van der Waals surface area contributed by atoms with E-state index in [-0.39, 0.29) is 5.91 Å². The van der Waals surface area contributed by atoms with Crippen LogP contribution < -0.4 is 0 Å². The zero-order valence-corrected chi connectivity index (χ0v) is 16.0. The molecule has 136 valence electrons. The number of rotatable bonds is 9. The van der Waals surface area contributed by atoms with E-state index in [4.69, 9.17) is 4.42 Å². The minimum Gasteiger partial charge on any atom is -0.418 e. The minimum atomic E-state index is 0.118. The molecule has 25 heavy (non-hydrogen) atoms. The average Bonchev–Trinajstić information content (AvgIpc) is 3.09. The Morgan fingerprint density at radius 2 is 2.24 bits per heavy atom. The molecule has 1 unspecified atom stereocenters. The molecule has 2 aromatic rings. The lowest BCUT2D eigenvalue weighted by atomic mass is 10.2. The lowest BCUT2D eigenvalue weighted by Gasteiger charge is -2.27. The first-order valence-corrected chi connectivity index (χ1v) is 9.80. The third-order valence-electron chi connectivity index (χ3n) is 4.76. The molecular weight excluding hydrogens is 336 g/mol. The molecule has 2 heterocycles. The van der Waals surface area contributed by atoms with Crippen LogP contribution in [-0.2, 0) is 11.3 Å². The van der Waals surface area contributed by atoms with Crippen molar-refractivity contribution in [3.05, 3.63) is 23.4 Å². The van der Waals surface area contributed by atoms with Gasteiger partial charge in [0.15, 0.2) is 0 Å². The van der Waals surface area contributed by atoms with Gasteiger partial charge in [0, 0.05) is 12.6 Å². The highest BCUT2D eigenvalue weighted by molar-refractivity contribution is 7.13. The lowest BCUT2D eigenvalue weighted by Crippen LogP contribution is -2.42. The molecule has 1 amide bonds. The standard InChI is InChI=1S/C18H26N4O2S/c1-4-9-22(17(23)12-21(3)13(2)14-7-8-14)11-16-19-20-18(24-16)15-6-5-10-25-15/h5-6,10,13-14H,4,7-9,11-12H2,1-3H3. The third kappa shape index (κ3) is 4.67. The molecule has 1 saturated carbocycles. The van der Waals surface area contributed by atoms with Crippen LogP contribution in [0.2, 0.25) is 0 Å². The summed E-state index contributed by atoms with van der Waals surface area (Å²) in [6.45, 7) is 5.78. The molecule has 1 atom stereocenters. The van der Waals surface area contributed by atoms with Crippen molar-refractivity contribution in [2.45, 2.75) is 45.7 Å². The maximum absolute atomic E-state index is 12.7. The van der Waals surface area contributed by atoms with Crippen molar-refractivity contribution in [1.29, 1.82) is 0 Å². The summed E-state index contributed by atoms with van der Waals surface area (Å²) < 4.78 is 5.74. The number of amides is 1. The summed E-state index contributed by atoms with van der Waals surface area (Å²) in [6.07, 6.45) is 3.47. The molecule has 0 bridgehead atoms. The van der Waals surface area contributed by atoms with Gasteiger partial charge < -0.3 is 9.32 Å². The van der Waals surface area contributed by atoms with E-state index >= 15 is 0 Å². The molecule has 2 aromatic heterocycles. The summed E-state index contributed by atoms with van der Waals surface area (Å²) in [5.74, 6) is 1.88. The molecule has 6 nitrogen and oxygen atoms in total. The van der Waals surface area contributed by atoms with Gasteiger partial charge in [-0.05, 0) is 50.6 Å². The second kappa shape index (κ2) is 8.10. The van der Waals surface area contributed by atoms with Crippen molar-refractivity contribution in [3.63, 3.8) is 0 Å². The summed E-state index contributed by atoms with van der Waals surface area (Å²) in [5, 5.41) is 10.2. The Labute approximate surface area is 152 Å². The van der Waals surface area contributed by atoms with Crippen LogP contribution in [0.25, 0.3) is 10.8 Å². The SMILES string of the molecule is CCCN(Cc1nnc(-c2cccs2)o1)C(=O)CN(C)C(C)C1CC1. The monoisotopic (exact) mass is 362 g/mol. The quantitative estimate of drug-likeness (QED) is 0.685. The number of carbonyl (C=O) groups is 1. The Morgan fingerprint density at radius 3 is 2.88 bits per heavy atom. The molecule has 0 saturated heterocycles. The smallest absolute Gasteiger partial charge is 0.257 e. The fourth-order valence-corrected chi connectivity index (χ4v) is 3.58. The first-order chi connectivity index (χ1) is 12.1. The van der Waals surface area contributed by atoms with Crippen LogP contribution in [-0.4, -0.2) is 52.1 Å². The van der Waals surface area contributed by atoms with Gasteiger partial charge in [-0.1, -0.05) is 13.0 Å². The summed E-state index contributed by atoms with van der Waals surface area (Å²) in [5.41, 5.74) is 0. The molecule has 0 aromatic carbocycles. The van der Waals surface area contributed by atoms with Crippen molar-refractivity contribution in [2.24, 2.45) is 5.92 Å². The van der Waals surface area contributed by atoms with Crippen molar-refractivity contribution in [1.82, 2.24) is 20.0 Å². The molecule has 7 heteroatoms. The van der Waals surface area contributed by atoms with Gasteiger partial charge in [0.1, 0.15) is 0 Å². The highest BCUT2D eigenvalue weighted by Gasteiger charge is 2.31. The van der Waals surface area contributed by atoms with E-state index in [0.717, 1.165) is 17.2 Å². The Kier molecular flexibility index (Phi) is 5.86. The second-order valence-corrected chi connectivity index (χ2v) is 7.73. The number of likely N-dealkylation sites (N-methyl/N-ethyl adjacent to an activating group) is 1. The number of carbonyl (C=O) groups excluding carboxylic acids is 1. The number of thiophene rings is 1. The second-order valence-electron chi connectivity index (χ2n) is 6.79. The van der Waals surface area contributed by atoms with Gasteiger partial charge in [-0.15, -0.1) is 21.5 Å². The molecule has 0 aliphatic heterocycles. The molecule has 0 N–H and O–H groups in total. The summed E-state index contributed by atoms with van der Waals surface area (Å²) >= 11 is 1.56. The van der Waals surface area contributed by atoms with E-state index in [9.17, 15) is 4.79 Å². The van der Waals surface area contributed by atoms with Crippen molar-refractivity contribution >= 4 is 17.2 Å².